The molecule has 0 saturated carbocycles. The second kappa shape index (κ2) is 10.1. The van der Waals surface area contributed by atoms with Crippen LogP contribution in [-0.2, 0) is 26.2 Å². The Hall–Kier alpha value is -3.12. The van der Waals surface area contributed by atoms with Gasteiger partial charge in [0.15, 0.2) is 0 Å². The van der Waals surface area contributed by atoms with Gasteiger partial charge in [-0.25, -0.2) is 13.2 Å². The zero-order valence-corrected chi connectivity index (χ0v) is 23.4. The van der Waals surface area contributed by atoms with Crippen LogP contribution in [0, 0.1) is 0 Å². The summed E-state index contributed by atoms with van der Waals surface area (Å²) in [5.41, 5.74) is 4.32. The summed E-state index contributed by atoms with van der Waals surface area (Å²) in [5, 5.41) is 14.6. The number of sulfonamides is 1. The Bertz CT molecular complexity index is 1590. The molecule has 12 heteroatoms. The summed E-state index contributed by atoms with van der Waals surface area (Å²) in [6.45, 7) is 2.37. The van der Waals surface area contributed by atoms with Gasteiger partial charge in [0.1, 0.15) is 10.3 Å². The molecule has 9 nitrogen and oxygen atoms in total. The van der Waals surface area contributed by atoms with Gasteiger partial charge in [-0.15, -0.1) is 11.3 Å². The number of likely N-dealkylation sites (tertiary alicyclic amines) is 1. The Balaban J connectivity index is 1.21. The van der Waals surface area contributed by atoms with Gasteiger partial charge in [0.2, 0.25) is 5.91 Å². The molecule has 3 fully saturated rings. The summed E-state index contributed by atoms with van der Waals surface area (Å²) >= 11 is 7.09. The molecule has 1 atom stereocenters. The van der Waals surface area contributed by atoms with Gasteiger partial charge in [0.05, 0.1) is 12.2 Å². The molecule has 1 amide bonds. The van der Waals surface area contributed by atoms with E-state index in [1.165, 1.54) is 28.8 Å². The van der Waals surface area contributed by atoms with Crippen molar-refractivity contribution in [3.05, 3.63) is 70.4 Å². The van der Waals surface area contributed by atoms with Crippen LogP contribution < -0.4 is 5.32 Å². The Morgan fingerprint density at radius 2 is 1.87 bits per heavy atom. The SMILES string of the molecule is O=C(O)[C@H]1CN(S(=O)(=O)c2cc3ccc(Cl)cc3s2)CC(=O)N1Cc1ccc(C(=C2CCN2)N2CCC2)cc1. The van der Waals surface area contributed by atoms with Crippen molar-refractivity contribution in [1.29, 1.82) is 0 Å². The molecule has 6 rings (SSSR count). The minimum absolute atomic E-state index is 0.0498. The van der Waals surface area contributed by atoms with E-state index in [1.807, 2.05) is 24.3 Å². The number of amides is 1. The van der Waals surface area contributed by atoms with Crippen LogP contribution in [0.5, 0.6) is 0 Å². The minimum Gasteiger partial charge on any atom is -0.480 e. The first kappa shape index (κ1) is 26.1. The van der Waals surface area contributed by atoms with Gasteiger partial charge in [-0.05, 0) is 41.1 Å². The fourth-order valence-corrected chi connectivity index (χ4v) is 8.33. The number of thiophene rings is 1. The summed E-state index contributed by atoms with van der Waals surface area (Å²) in [7, 11) is -4.08. The van der Waals surface area contributed by atoms with E-state index in [1.54, 1.807) is 18.2 Å². The van der Waals surface area contributed by atoms with Crippen molar-refractivity contribution in [2.75, 3.05) is 32.7 Å². The average molecular weight is 587 g/mol. The summed E-state index contributed by atoms with van der Waals surface area (Å²) < 4.78 is 28.6. The normalized spacial score (nSPS) is 21.4. The maximum absolute atomic E-state index is 13.4. The lowest BCUT2D eigenvalue weighted by Crippen LogP contribution is -2.59. The number of carboxylic acid groups (broad SMARTS) is 1. The highest BCUT2D eigenvalue weighted by molar-refractivity contribution is 7.91. The average Bonchev–Trinajstić information content (AvgIpc) is 3.27. The van der Waals surface area contributed by atoms with Crippen molar-refractivity contribution < 1.29 is 23.1 Å². The van der Waals surface area contributed by atoms with Crippen LogP contribution in [-0.4, -0.2) is 78.3 Å². The Morgan fingerprint density at radius 1 is 1.13 bits per heavy atom. The molecule has 204 valence electrons. The second-order valence-corrected chi connectivity index (χ2v) is 13.6. The van der Waals surface area contributed by atoms with E-state index in [0.29, 0.717) is 15.1 Å². The van der Waals surface area contributed by atoms with Crippen molar-refractivity contribution in [3.8, 4) is 0 Å². The third-order valence-corrected chi connectivity index (χ3v) is 11.1. The highest BCUT2D eigenvalue weighted by Gasteiger charge is 2.42. The fraction of sp³-hybridized carbons (Fsp3) is 0.333. The number of aliphatic carboxylic acids is 1. The quantitative estimate of drug-likeness (QED) is 0.436. The zero-order valence-electron chi connectivity index (χ0n) is 21.0. The number of carbonyl (C=O) groups excluding carboxylic acids is 1. The molecule has 0 aliphatic carbocycles. The van der Waals surface area contributed by atoms with Crippen molar-refractivity contribution in [2.24, 2.45) is 0 Å². The van der Waals surface area contributed by atoms with E-state index in [-0.39, 0.29) is 17.3 Å². The van der Waals surface area contributed by atoms with Crippen LogP contribution >= 0.6 is 22.9 Å². The van der Waals surface area contributed by atoms with Gasteiger partial charge in [-0.2, -0.15) is 4.31 Å². The molecule has 2 aromatic carbocycles. The summed E-state index contributed by atoms with van der Waals surface area (Å²) in [6, 6.07) is 13.1. The molecular formula is C27H27ClN4O5S2. The van der Waals surface area contributed by atoms with Gasteiger partial charge in [-0.3, -0.25) is 4.79 Å². The number of hydrogen-bond donors (Lipinski definition) is 2. The molecule has 0 unspecified atom stereocenters. The van der Waals surface area contributed by atoms with Gasteiger partial charge < -0.3 is 20.2 Å². The number of halogens is 1. The lowest BCUT2D eigenvalue weighted by molar-refractivity contribution is -0.154. The number of carboxylic acids is 1. The molecule has 3 aliphatic heterocycles. The number of nitrogens with one attached hydrogen (secondary N) is 1. The molecule has 0 bridgehead atoms. The monoisotopic (exact) mass is 586 g/mol. The van der Waals surface area contributed by atoms with Gasteiger partial charge in [-0.1, -0.05) is 41.9 Å². The number of hydrogen-bond acceptors (Lipinski definition) is 7. The lowest BCUT2D eigenvalue weighted by Gasteiger charge is -2.39. The van der Waals surface area contributed by atoms with Crippen LogP contribution in [0.3, 0.4) is 0 Å². The number of carbonyl (C=O) groups is 2. The Labute approximate surface area is 235 Å². The molecular weight excluding hydrogens is 560 g/mol. The Kier molecular flexibility index (Phi) is 6.78. The van der Waals surface area contributed by atoms with Crippen LogP contribution in [0.25, 0.3) is 15.8 Å². The summed E-state index contributed by atoms with van der Waals surface area (Å²) in [6.07, 6.45) is 2.19. The third-order valence-electron chi connectivity index (χ3n) is 7.48. The van der Waals surface area contributed by atoms with Crippen LogP contribution in [0.1, 0.15) is 24.0 Å². The number of nitrogens with zero attached hydrogens (tertiary/aromatic N) is 3. The molecule has 0 radical (unpaired) electrons. The number of piperazine rings is 1. The summed E-state index contributed by atoms with van der Waals surface area (Å²) in [5.74, 6) is -1.80. The molecule has 4 heterocycles. The molecule has 1 aromatic heterocycles. The first-order valence-electron chi connectivity index (χ1n) is 12.7. The van der Waals surface area contributed by atoms with E-state index >= 15 is 0 Å². The topological polar surface area (TPSA) is 110 Å². The molecule has 2 N–H and O–H groups in total. The Morgan fingerprint density at radius 3 is 2.49 bits per heavy atom. The zero-order chi connectivity index (χ0) is 27.3. The number of rotatable bonds is 7. The van der Waals surface area contributed by atoms with E-state index in [9.17, 15) is 23.1 Å². The lowest BCUT2D eigenvalue weighted by atomic mass is 9.99. The highest BCUT2D eigenvalue weighted by Crippen LogP contribution is 2.34. The number of benzene rings is 2. The first-order chi connectivity index (χ1) is 18.7. The number of fused-ring (bicyclic) bond motifs is 1. The van der Waals surface area contributed by atoms with E-state index in [0.717, 1.165) is 52.8 Å². The van der Waals surface area contributed by atoms with Crippen LogP contribution in [0.2, 0.25) is 5.02 Å². The van der Waals surface area contributed by atoms with Crippen molar-refractivity contribution in [2.45, 2.75) is 29.6 Å². The van der Waals surface area contributed by atoms with Crippen molar-refractivity contribution >= 4 is 60.6 Å². The molecule has 0 spiro atoms. The van der Waals surface area contributed by atoms with Gasteiger partial charge in [0.25, 0.3) is 10.0 Å². The molecule has 3 saturated heterocycles. The second-order valence-electron chi connectivity index (χ2n) is 9.96. The van der Waals surface area contributed by atoms with Crippen LogP contribution in [0.4, 0.5) is 0 Å². The van der Waals surface area contributed by atoms with E-state index in [4.69, 9.17) is 11.6 Å². The van der Waals surface area contributed by atoms with E-state index in [2.05, 4.69) is 10.2 Å². The first-order valence-corrected chi connectivity index (χ1v) is 15.4. The minimum atomic E-state index is -4.08. The summed E-state index contributed by atoms with van der Waals surface area (Å²) in [4.78, 5) is 29.0. The van der Waals surface area contributed by atoms with Gasteiger partial charge >= 0.3 is 5.97 Å². The molecule has 3 aliphatic rings. The van der Waals surface area contributed by atoms with Crippen molar-refractivity contribution in [3.63, 3.8) is 0 Å². The van der Waals surface area contributed by atoms with Gasteiger partial charge in [0, 0.05) is 54.6 Å². The highest BCUT2D eigenvalue weighted by atomic mass is 35.5. The molecule has 39 heavy (non-hydrogen) atoms. The standard InChI is InChI=1S/C27H27ClN4O5S2/c28-20-7-6-19-12-25(38-23(19)13-20)39(36,37)31-15-22(27(34)35)32(24(33)16-31)14-17-2-4-18(5-3-17)26(21-8-9-29-21)30-10-1-11-30/h2-7,12-13,22,29H,1,8-11,14-16H2,(H,34,35)/t22-/m1/s1. The maximum atomic E-state index is 13.4. The predicted molar refractivity (Wildman–Crippen MR) is 150 cm³/mol. The van der Waals surface area contributed by atoms with Crippen LogP contribution in [0.15, 0.2) is 58.4 Å². The maximum Gasteiger partial charge on any atom is 0.327 e. The molecule has 3 aromatic rings. The largest absolute Gasteiger partial charge is 0.480 e. The smallest absolute Gasteiger partial charge is 0.327 e. The third kappa shape index (κ3) is 4.88. The predicted octanol–water partition coefficient (Wildman–Crippen LogP) is 3.41. The van der Waals surface area contributed by atoms with E-state index < -0.39 is 34.5 Å². The fourth-order valence-electron chi connectivity index (χ4n) is 5.10. The van der Waals surface area contributed by atoms with Crippen molar-refractivity contribution in [1.82, 2.24) is 19.4 Å².